The Bertz CT molecular complexity index is 337. The Morgan fingerprint density at radius 3 is 2.33 bits per heavy atom. The number of hydrogen-bond donors (Lipinski definition) is 1. The molecule has 1 rings (SSSR count). The molecular weight excluding hydrogens is 202 g/mol. The molecule has 0 heterocycles. The Morgan fingerprint density at radius 1 is 1.27 bits per heavy atom. The molecule has 15 heavy (non-hydrogen) atoms. The summed E-state index contributed by atoms with van der Waals surface area (Å²) in [6.07, 6.45) is 7.41. The molecule has 2 atom stereocenters. The molecule has 0 aliphatic rings. The van der Waals surface area contributed by atoms with Crippen molar-refractivity contribution < 1.29 is 0 Å². The lowest BCUT2D eigenvalue weighted by atomic mass is 10.1. The second-order valence-corrected chi connectivity index (χ2v) is 4.43. The summed E-state index contributed by atoms with van der Waals surface area (Å²) in [5, 5.41) is 3.34. The van der Waals surface area contributed by atoms with E-state index in [2.05, 4.69) is 48.7 Å². The Morgan fingerprint density at radius 2 is 1.87 bits per heavy atom. The maximum Gasteiger partial charge on any atom is 0.0662 e. The van der Waals surface area contributed by atoms with Crippen molar-refractivity contribution in [2.45, 2.75) is 30.8 Å². The minimum Gasteiger partial charge on any atom is -0.297 e. The highest BCUT2D eigenvalue weighted by molar-refractivity contribution is 7.98. The third kappa shape index (κ3) is 3.62. The summed E-state index contributed by atoms with van der Waals surface area (Å²) in [6, 6.07) is 8.98. The maximum absolute atomic E-state index is 5.33. The fraction of sp³-hybridized carbons (Fsp3) is 0.385. The smallest absolute Gasteiger partial charge is 0.0662 e. The Balaban J connectivity index is 2.66. The quantitative estimate of drug-likeness (QED) is 0.617. The molecule has 0 spiro atoms. The fourth-order valence-electron chi connectivity index (χ4n) is 1.41. The van der Waals surface area contributed by atoms with Crippen LogP contribution in [0.1, 0.15) is 25.5 Å². The number of rotatable bonds is 4. The molecule has 1 aromatic rings. The molecule has 0 aliphatic heterocycles. The van der Waals surface area contributed by atoms with Crippen LogP contribution in [0.2, 0.25) is 0 Å². The van der Waals surface area contributed by atoms with Gasteiger partial charge in [0.15, 0.2) is 0 Å². The molecule has 0 saturated carbocycles. The third-order valence-electron chi connectivity index (χ3n) is 2.37. The van der Waals surface area contributed by atoms with Gasteiger partial charge in [0.05, 0.1) is 6.04 Å². The molecule has 80 valence electrons. The summed E-state index contributed by atoms with van der Waals surface area (Å²) in [7, 11) is 0. The van der Waals surface area contributed by atoms with Gasteiger partial charge in [-0.25, -0.2) is 0 Å². The van der Waals surface area contributed by atoms with Crippen molar-refractivity contribution in [3.63, 3.8) is 0 Å². The van der Waals surface area contributed by atoms with E-state index in [1.807, 2.05) is 6.92 Å². The van der Waals surface area contributed by atoms with Gasteiger partial charge < -0.3 is 0 Å². The number of terminal acetylenes is 1. The molecule has 0 radical (unpaired) electrons. The first-order valence-electron chi connectivity index (χ1n) is 5.03. The van der Waals surface area contributed by atoms with Crippen LogP contribution < -0.4 is 5.32 Å². The molecule has 0 saturated heterocycles. The van der Waals surface area contributed by atoms with E-state index in [-0.39, 0.29) is 6.04 Å². The van der Waals surface area contributed by atoms with E-state index in [0.717, 1.165) is 0 Å². The highest BCUT2D eigenvalue weighted by atomic mass is 32.2. The second-order valence-electron chi connectivity index (χ2n) is 3.55. The maximum atomic E-state index is 5.33. The number of hydrogen-bond acceptors (Lipinski definition) is 2. The summed E-state index contributed by atoms with van der Waals surface area (Å²) in [6.45, 7) is 4.12. The molecule has 1 nitrogen and oxygen atoms in total. The zero-order valence-corrected chi connectivity index (χ0v) is 10.3. The van der Waals surface area contributed by atoms with E-state index >= 15 is 0 Å². The molecule has 2 heteroatoms. The van der Waals surface area contributed by atoms with Gasteiger partial charge in [-0.2, -0.15) is 0 Å². The first kappa shape index (κ1) is 12.2. The van der Waals surface area contributed by atoms with Crippen LogP contribution in [0.5, 0.6) is 0 Å². The van der Waals surface area contributed by atoms with Gasteiger partial charge in [0.1, 0.15) is 0 Å². The Hall–Kier alpha value is -0.910. The first-order valence-corrected chi connectivity index (χ1v) is 6.26. The normalized spacial score (nSPS) is 14.3. The van der Waals surface area contributed by atoms with Crippen LogP contribution in [-0.2, 0) is 0 Å². The highest BCUT2D eigenvalue weighted by Gasteiger charge is 2.06. The van der Waals surface area contributed by atoms with Crippen LogP contribution in [0, 0.1) is 12.3 Å². The predicted molar refractivity (Wildman–Crippen MR) is 68.1 cm³/mol. The van der Waals surface area contributed by atoms with Crippen LogP contribution in [0.4, 0.5) is 0 Å². The van der Waals surface area contributed by atoms with E-state index in [1.54, 1.807) is 11.8 Å². The second kappa shape index (κ2) is 5.85. The summed E-state index contributed by atoms with van der Waals surface area (Å²) >= 11 is 1.75. The summed E-state index contributed by atoms with van der Waals surface area (Å²) < 4.78 is 0. The molecule has 2 unspecified atom stereocenters. The largest absolute Gasteiger partial charge is 0.297 e. The van der Waals surface area contributed by atoms with Crippen LogP contribution in [0.15, 0.2) is 29.2 Å². The van der Waals surface area contributed by atoms with Crippen molar-refractivity contribution in [2.24, 2.45) is 0 Å². The van der Waals surface area contributed by atoms with Crippen molar-refractivity contribution in [3.8, 4) is 12.3 Å². The van der Waals surface area contributed by atoms with E-state index in [0.29, 0.717) is 6.04 Å². The lowest BCUT2D eigenvalue weighted by molar-refractivity contribution is 0.546. The number of benzene rings is 1. The van der Waals surface area contributed by atoms with Crippen molar-refractivity contribution in [3.05, 3.63) is 29.8 Å². The van der Waals surface area contributed by atoms with Crippen LogP contribution in [-0.4, -0.2) is 12.3 Å². The third-order valence-corrected chi connectivity index (χ3v) is 3.11. The molecule has 1 aromatic carbocycles. The lowest BCUT2D eigenvalue weighted by Gasteiger charge is -2.16. The Kier molecular flexibility index (Phi) is 4.74. The van der Waals surface area contributed by atoms with Gasteiger partial charge in [-0.05, 0) is 37.8 Å². The molecular formula is C13H17NS. The minimum atomic E-state index is 0.111. The highest BCUT2D eigenvalue weighted by Crippen LogP contribution is 2.18. The minimum absolute atomic E-state index is 0.111. The van der Waals surface area contributed by atoms with Crippen LogP contribution in [0.25, 0.3) is 0 Å². The van der Waals surface area contributed by atoms with Crippen molar-refractivity contribution in [1.82, 2.24) is 5.32 Å². The lowest BCUT2D eigenvalue weighted by Crippen LogP contribution is -2.27. The topological polar surface area (TPSA) is 12.0 Å². The molecule has 0 fully saturated rings. The average Bonchev–Trinajstić information content (AvgIpc) is 2.29. The van der Waals surface area contributed by atoms with Crippen molar-refractivity contribution in [2.75, 3.05) is 6.26 Å². The molecule has 0 aromatic heterocycles. The van der Waals surface area contributed by atoms with E-state index < -0.39 is 0 Å². The van der Waals surface area contributed by atoms with Crippen LogP contribution >= 0.6 is 11.8 Å². The Labute approximate surface area is 96.7 Å². The first-order chi connectivity index (χ1) is 7.17. The molecule has 1 N–H and O–H groups in total. The molecule has 0 bridgehead atoms. The van der Waals surface area contributed by atoms with Gasteiger partial charge in [-0.1, -0.05) is 18.1 Å². The van der Waals surface area contributed by atoms with Crippen molar-refractivity contribution in [1.29, 1.82) is 0 Å². The van der Waals surface area contributed by atoms with Crippen molar-refractivity contribution >= 4 is 11.8 Å². The van der Waals surface area contributed by atoms with Crippen LogP contribution in [0.3, 0.4) is 0 Å². The number of thioether (sulfide) groups is 1. The SMILES string of the molecule is C#CC(C)NC(C)c1ccc(SC)cc1. The van der Waals surface area contributed by atoms with E-state index in [9.17, 15) is 0 Å². The number of nitrogens with one attached hydrogen (secondary N) is 1. The van der Waals surface area contributed by atoms with E-state index in [4.69, 9.17) is 6.42 Å². The van der Waals surface area contributed by atoms with Gasteiger partial charge in [0.2, 0.25) is 0 Å². The van der Waals surface area contributed by atoms with Gasteiger partial charge >= 0.3 is 0 Å². The standard InChI is InChI=1S/C13H17NS/c1-5-10(2)14-11(3)12-6-8-13(15-4)9-7-12/h1,6-11,14H,2-4H3. The van der Waals surface area contributed by atoms with E-state index in [1.165, 1.54) is 10.5 Å². The summed E-state index contributed by atoms with van der Waals surface area (Å²) in [5.74, 6) is 2.67. The molecule has 0 amide bonds. The molecule has 0 aliphatic carbocycles. The van der Waals surface area contributed by atoms with Gasteiger partial charge in [-0.15, -0.1) is 18.2 Å². The monoisotopic (exact) mass is 219 g/mol. The average molecular weight is 219 g/mol. The zero-order chi connectivity index (χ0) is 11.3. The predicted octanol–water partition coefficient (Wildman–Crippen LogP) is 3.08. The van der Waals surface area contributed by atoms with Gasteiger partial charge in [-0.3, -0.25) is 5.32 Å². The summed E-state index contributed by atoms with van der Waals surface area (Å²) in [4.78, 5) is 1.29. The van der Waals surface area contributed by atoms with Gasteiger partial charge in [0, 0.05) is 10.9 Å². The van der Waals surface area contributed by atoms with Gasteiger partial charge in [0.25, 0.3) is 0 Å². The zero-order valence-electron chi connectivity index (χ0n) is 9.45. The summed E-state index contributed by atoms with van der Waals surface area (Å²) in [5.41, 5.74) is 1.27. The fourth-order valence-corrected chi connectivity index (χ4v) is 1.82.